The first-order valence-corrected chi connectivity index (χ1v) is 6.81. The highest BCUT2D eigenvalue weighted by Gasteiger charge is 2.31. The van der Waals surface area contributed by atoms with Gasteiger partial charge in [0.2, 0.25) is 5.91 Å². The molecule has 0 saturated heterocycles. The van der Waals surface area contributed by atoms with E-state index in [1.807, 2.05) is 6.92 Å². The maximum atomic E-state index is 11.7. The van der Waals surface area contributed by atoms with Crippen molar-refractivity contribution in [3.8, 4) is 0 Å². The number of rotatable bonds is 6. The average Bonchev–Trinajstić information content (AvgIpc) is 2.20. The molecule has 0 unspecified atom stereocenters. The van der Waals surface area contributed by atoms with Crippen LogP contribution in [0.3, 0.4) is 0 Å². The van der Waals surface area contributed by atoms with Crippen molar-refractivity contribution in [2.75, 3.05) is 13.2 Å². The van der Waals surface area contributed by atoms with Crippen molar-refractivity contribution in [1.82, 2.24) is 5.32 Å². The molecule has 0 heterocycles. The fraction of sp³-hybridized carbons (Fsp3) is 0.923. The van der Waals surface area contributed by atoms with Gasteiger partial charge in [-0.15, -0.1) is 0 Å². The molecule has 0 spiro atoms. The Balaban J connectivity index is 1.50. The Bertz CT molecular complexity index is 258. The van der Waals surface area contributed by atoms with Crippen LogP contribution >= 0.6 is 0 Å². The van der Waals surface area contributed by atoms with Crippen molar-refractivity contribution in [2.24, 2.45) is 17.6 Å². The summed E-state index contributed by atoms with van der Waals surface area (Å²) in [6.07, 6.45) is 5.31. The highest BCUT2D eigenvalue weighted by Crippen LogP contribution is 2.32. The molecule has 17 heavy (non-hydrogen) atoms. The number of nitrogens with one attached hydrogen (secondary N) is 1. The number of nitrogens with two attached hydrogens (primary N) is 1. The molecule has 2 fully saturated rings. The Morgan fingerprint density at radius 2 is 2.00 bits per heavy atom. The molecule has 0 atom stereocenters. The summed E-state index contributed by atoms with van der Waals surface area (Å²) in [5, 5.41) is 3.02. The van der Waals surface area contributed by atoms with Crippen LogP contribution in [0.5, 0.6) is 0 Å². The quantitative estimate of drug-likeness (QED) is 0.729. The van der Waals surface area contributed by atoms with Crippen LogP contribution in [0.4, 0.5) is 0 Å². The Morgan fingerprint density at radius 1 is 1.29 bits per heavy atom. The fourth-order valence-electron chi connectivity index (χ4n) is 2.76. The maximum Gasteiger partial charge on any atom is 0.220 e. The molecule has 2 saturated carbocycles. The highest BCUT2D eigenvalue weighted by molar-refractivity contribution is 5.76. The molecular weight excluding hydrogens is 216 g/mol. The molecule has 2 aliphatic carbocycles. The lowest BCUT2D eigenvalue weighted by atomic mass is 9.79. The largest absolute Gasteiger partial charge is 0.378 e. The molecule has 0 aromatic carbocycles. The SMILES string of the molecule is CCOC1CC(CC(=O)NCC2CC(N)C2)C1. The summed E-state index contributed by atoms with van der Waals surface area (Å²) >= 11 is 0. The third-order valence-corrected chi connectivity index (χ3v) is 3.93. The van der Waals surface area contributed by atoms with Crippen molar-refractivity contribution in [3.63, 3.8) is 0 Å². The summed E-state index contributed by atoms with van der Waals surface area (Å²) in [4.78, 5) is 11.7. The van der Waals surface area contributed by atoms with Gasteiger partial charge in [-0.3, -0.25) is 4.79 Å². The molecule has 0 aromatic rings. The second-order valence-electron chi connectivity index (χ2n) is 5.52. The second kappa shape index (κ2) is 5.83. The molecule has 0 bridgehead atoms. The third kappa shape index (κ3) is 3.68. The Kier molecular flexibility index (Phi) is 4.40. The number of ether oxygens (including phenoxy) is 1. The van der Waals surface area contributed by atoms with Crippen molar-refractivity contribution in [3.05, 3.63) is 0 Å². The van der Waals surface area contributed by atoms with Crippen LogP contribution in [0.2, 0.25) is 0 Å². The summed E-state index contributed by atoms with van der Waals surface area (Å²) in [6.45, 7) is 3.61. The number of hydrogen-bond acceptors (Lipinski definition) is 3. The van der Waals surface area contributed by atoms with Crippen LogP contribution in [-0.4, -0.2) is 31.2 Å². The summed E-state index contributed by atoms with van der Waals surface area (Å²) < 4.78 is 5.48. The van der Waals surface area contributed by atoms with Crippen LogP contribution < -0.4 is 11.1 Å². The van der Waals surface area contributed by atoms with Gasteiger partial charge in [-0.25, -0.2) is 0 Å². The van der Waals surface area contributed by atoms with Gasteiger partial charge in [-0.2, -0.15) is 0 Å². The molecule has 2 rings (SSSR count). The Hall–Kier alpha value is -0.610. The van der Waals surface area contributed by atoms with E-state index < -0.39 is 0 Å². The lowest BCUT2D eigenvalue weighted by Crippen LogP contribution is -2.43. The van der Waals surface area contributed by atoms with Gasteiger partial charge in [-0.05, 0) is 44.4 Å². The Labute approximate surface area is 103 Å². The first-order valence-electron chi connectivity index (χ1n) is 6.81. The molecule has 4 nitrogen and oxygen atoms in total. The maximum absolute atomic E-state index is 11.7. The zero-order chi connectivity index (χ0) is 12.3. The van der Waals surface area contributed by atoms with Gasteiger partial charge in [0.05, 0.1) is 6.10 Å². The first kappa shape index (κ1) is 12.8. The smallest absolute Gasteiger partial charge is 0.220 e. The molecule has 2 aliphatic rings. The number of hydrogen-bond donors (Lipinski definition) is 2. The third-order valence-electron chi connectivity index (χ3n) is 3.93. The molecule has 4 heteroatoms. The number of carbonyl (C=O) groups excluding carboxylic acids is 1. The normalized spacial score (nSPS) is 35.9. The van der Waals surface area contributed by atoms with Crippen LogP contribution in [0.25, 0.3) is 0 Å². The predicted octanol–water partition coefficient (Wildman–Crippen LogP) is 1.05. The summed E-state index contributed by atoms with van der Waals surface area (Å²) in [6, 6.07) is 0.371. The minimum Gasteiger partial charge on any atom is -0.378 e. The molecule has 0 radical (unpaired) electrons. The van der Waals surface area contributed by atoms with Gasteiger partial charge in [-0.1, -0.05) is 0 Å². The molecule has 3 N–H and O–H groups in total. The van der Waals surface area contributed by atoms with E-state index in [-0.39, 0.29) is 5.91 Å². The van der Waals surface area contributed by atoms with Gasteiger partial charge in [0.1, 0.15) is 0 Å². The molecule has 0 aromatic heterocycles. The number of carbonyl (C=O) groups is 1. The van der Waals surface area contributed by atoms with Gasteiger partial charge < -0.3 is 15.8 Å². The van der Waals surface area contributed by atoms with Crippen molar-refractivity contribution >= 4 is 5.91 Å². The minimum atomic E-state index is 0.199. The predicted molar refractivity (Wildman–Crippen MR) is 66.5 cm³/mol. The van der Waals surface area contributed by atoms with E-state index in [1.165, 1.54) is 0 Å². The number of amides is 1. The molecule has 0 aliphatic heterocycles. The second-order valence-corrected chi connectivity index (χ2v) is 5.52. The fourth-order valence-corrected chi connectivity index (χ4v) is 2.76. The van der Waals surface area contributed by atoms with Crippen LogP contribution in [0.15, 0.2) is 0 Å². The summed E-state index contributed by atoms with van der Waals surface area (Å²) in [5.41, 5.74) is 5.70. The minimum absolute atomic E-state index is 0.199. The zero-order valence-corrected chi connectivity index (χ0v) is 10.7. The van der Waals surface area contributed by atoms with Crippen molar-refractivity contribution in [1.29, 1.82) is 0 Å². The highest BCUT2D eigenvalue weighted by atomic mass is 16.5. The molecule has 98 valence electrons. The summed E-state index contributed by atoms with van der Waals surface area (Å²) in [5.74, 6) is 1.35. The van der Waals surface area contributed by atoms with E-state index in [4.69, 9.17) is 10.5 Å². The lowest BCUT2D eigenvalue weighted by molar-refractivity contribution is -0.124. The average molecular weight is 240 g/mol. The summed E-state index contributed by atoms with van der Waals surface area (Å²) in [7, 11) is 0. The van der Waals surface area contributed by atoms with E-state index in [1.54, 1.807) is 0 Å². The zero-order valence-electron chi connectivity index (χ0n) is 10.7. The van der Waals surface area contributed by atoms with Gasteiger partial charge in [0.15, 0.2) is 0 Å². The topological polar surface area (TPSA) is 64.3 Å². The standard InChI is InChI=1S/C13H24N2O2/c1-2-17-12-5-9(6-12)7-13(16)15-8-10-3-11(14)4-10/h9-12H,2-8,14H2,1H3,(H,15,16). The van der Waals surface area contributed by atoms with Gasteiger partial charge >= 0.3 is 0 Å². The molecule has 1 amide bonds. The van der Waals surface area contributed by atoms with E-state index in [0.717, 1.165) is 38.8 Å². The lowest BCUT2D eigenvalue weighted by Gasteiger charge is -2.35. The van der Waals surface area contributed by atoms with Gasteiger partial charge in [0, 0.05) is 25.6 Å². The Morgan fingerprint density at radius 3 is 2.59 bits per heavy atom. The van der Waals surface area contributed by atoms with Crippen LogP contribution in [0.1, 0.15) is 39.0 Å². The molecular formula is C13H24N2O2. The van der Waals surface area contributed by atoms with Gasteiger partial charge in [0.25, 0.3) is 0 Å². The van der Waals surface area contributed by atoms with Crippen molar-refractivity contribution in [2.45, 2.75) is 51.2 Å². The first-order chi connectivity index (χ1) is 8.17. The van der Waals surface area contributed by atoms with E-state index >= 15 is 0 Å². The van der Waals surface area contributed by atoms with E-state index in [9.17, 15) is 4.79 Å². The van der Waals surface area contributed by atoms with E-state index in [0.29, 0.717) is 30.4 Å². The van der Waals surface area contributed by atoms with E-state index in [2.05, 4.69) is 5.32 Å². The van der Waals surface area contributed by atoms with Crippen LogP contribution in [0, 0.1) is 11.8 Å². The monoisotopic (exact) mass is 240 g/mol. The van der Waals surface area contributed by atoms with Crippen molar-refractivity contribution < 1.29 is 9.53 Å². The van der Waals surface area contributed by atoms with Crippen LogP contribution in [-0.2, 0) is 9.53 Å².